The average Bonchev–Trinajstić information content (AvgIpc) is 2.98. The Morgan fingerprint density at radius 1 is 1.15 bits per heavy atom. The first-order chi connectivity index (χ1) is 12.9. The third-order valence-electron chi connectivity index (χ3n) is 6.60. The first-order valence-corrected chi connectivity index (χ1v) is 10.5. The van der Waals surface area contributed by atoms with E-state index in [2.05, 4.69) is 4.90 Å². The van der Waals surface area contributed by atoms with Crippen LogP contribution in [0.15, 0.2) is 24.3 Å². The molecule has 0 spiro atoms. The first-order valence-electron chi connectivity index (χ1n) is 10.1. The largest absolute Gasteiger partial charge is 0.488 e. The van der Waals surface area contributed by atoms with E-state index in [4.69, 9.17) is 16.3 Å². The van der Waals surface area contributed by atoms with Crippen molar-refractivity contribution in [1.82, 2.24) is 4.90 Å². The lowest BCUT2D eigenvalue weighted by Crippen LogP contribution is -2.42. The Kier molecular flexibility index (Phi) is 5.64. The van der Waals surface area contributed by atoms with Crippen molar-refractivity contribution in [3.63, 3.8) is 0 Å². The Morgan fingerprint density at radius 3 is 2.56 bits per heavy atom. The molecule has 0 aromatic heterocycles. The van der Waals surface area contributed by atoms with Gasteiger partial charge in [0.05, 0.1) is 6.10 Å². The summed E-state index contributed by atoms with van der Waals surface area (Å²) in [6.07, 6.45) is 2.21. The van der Waals surface area contributed by atoms with Crippen LogP contribution in [0.25, 0.3) is 0 Å². The molecule has 1 heterocycles. The minimum atomic E-state index is -2.45. The van der Waals surface area contributed by atoms with Gasteiger partial charge in [0.25, 0.3) is 0 Å². The second-order valence-corrected chi connectivity index (χ2v) is 9.13. The third-order valence-corrected chi connectivity index (χ3v) is 6.83. The lowest BCUT2D eigenvalue weighted by Gasteiger charge is -2.35. The van der Waals surface area contributed by atoms with Crippen molar-refractivity contribution in [3.05, 3.63) is 29.3 Å². The number of halogens is 3. The highest BCUT2D eigenvalue weighted by molar-refractivity contribution is 6.30. The Bertz CT molecular complexity index is 649. The van der Waals surface area contributed by atoms with E-state index in [9.17, 15) is 13.9 Å². The SMILES string of the molecule is O[C@@H]1C[C@H]2CN(CC3CCC(F)(F)CC3)C[C@H]2C[C@H]1Oc1cccc(Cl)c1. The molecule has 1 aromatic rings. The predicted octanol–water partition coefficient (Wildman–Crippen LogP) is 4.62. The molecule has 2 saturated carbocycles. The van der Waals surface area contributed by atoms with E-state index in [1.807, 2.05) is 12.1 Å². The van der Waals surface area contributed by atoms with Gasteiger partial charge in [-0.25, -0.2) is 8.78 Å². The molecule has 3 nitrogen and oxygen atoms in total. The molecule has 0 radical (unpaired) electrons. The Hall–Kier alpha value is -0.910. The smallest absolute Gasteiger partial charge is 0.248 e. The minimum absolute atomic E-state index is 0.0344. The van der Waals surface area contributed by atoms with Crippen LogP contribution in [0.1, 0.15) is 38.5 Å². The van der Waals surface area contributed by atoms with Crippen molar-refractivity contribution in [2.24, 2.45) is 17.8 Å². The average molecular weight is 400 g/mol. The van der Waals surface area contributed by atoms with Crippen LogP contribution in [-0.2, 0) is 0 Å². The van der Waals surface area contributed by atoms with Gasteiger partial charge in [0.2, 0.25) is 5.92 Å². The molecule has 2 aliphatic carbocycles. The summed E-state index contributed by atoms with van der Waals surface area (Å²) in [7, 11) is 0. The van der Waals surface area contributed by atoms with E-state index in [0.717, 1.165) is 32.5 Å². The van der Waals surface area contributed by atoms with E-state index in [1.54, 1.807) is 12.1 Å². The number of alkyl halides is 2. The van der Waals surface area contributed by atoms with Crippen LogP contribution in [0.4, 0.5) is 8.78 Å². The molecule has 3 fully saturated rings. The fraction of sp³-hybridized carbons (Fsp3) is 0.714. The number of benzene rings is 1. The normalized spacial score (nSPS) is 34.4. The summed E-state index contributed by atoms with van der Waals surface area (Å²) < 4.78 is 32.7. The van der Waals surface area contributed by atoms with Crippen molar-refractivity contribution in [3.8, 4) is 5.75 Å². The molecule has 1 saturated heterocycles. The zero-order valence-electron chi connectivity index (χ0n) is 15.5. The Balaban J connectivity index is 1.31. The molecule has 4 rings (SSSR count). The first kappa shape index (κ1) is 19.4. The van der Waals surface area contributed by atoms with Crippen molar-refractivity contribution >= 4 is 11.6 Å². The highest BCUT2D eigenvalue weighted by Gasteiger charge is 2.43. The molecule has 3 aliphatic rings. The maximum atomic E-state index is 13.4. The number of likely N-dealkylation sites (tertiary alicyclic amines) is 1. The van der Waals surface area contributed by atoms with Crippen molar-refractivity contribution in [2.75, 3.05) is 19.6 Å². The Morgan fingerprint density at radius 2 is 1.85 bits per heavy atom. The summed E-state index contributed by atoms with van der Waals surface area (Å²) in [5.74, 6) is -0.395. The molecule has 0 amide bonds. The second-order valence-electron chi connectivity index (χ2n) is 8.69. The van der Waals surface area contributed by atoms with E-state index >= 15 is 0 Å². The highest BCUT2D eigenvalue weighted by atomic mass is 35.5. The quantitative estimate of drug-likeness (QED) is 0.802. The summed E-state index contributed by atoms with van der Waals surface area (Å²) in [4.78, 5) is 2.43. The van der Waals surface area contributed by atoms with Crippen LogP contribution in [-0.4, -0.2) is 47.8 Å². The summed E-state index contributed by atoms with van der Waals surface area (Å²) in [5.41, 5.74) is 0. The number of aliphatic hydroxyl groups excluding tert-OH is 1. The van der Waals surface area contributed by atoms with E-state index in [1.165, 1.54) is 0 Å². The van der Waals surface area contributed by atoms with Gasteiger partial charge in [-0.05, 0) is 61.6 Å². The standard InChI is InChI=1S/C21H28ClF2NO2/c22-17-2-1-3-18(10-17)27-20-9-16-13-25(12-15(16)8-19(20)26)11-14-4-6-21(23,24)7-5-14/h1-3,10,14-16,19-20,26H,4-9,11-13H2/t15-,16+,19+,20+/m0/s1. The molecule has 1 aliphatic heterocycles. The van der Waals surface area contributed by atoms with Gasteiger partial charge in [0.15, 0.2) is 0 Å². The maximum Gasteiger partial charge on any atom is 0.248 e. The van der Waals surface area contributed by atoms with Gasteiger partial charge < -0.3 is 14.7 Å². The number of hydrogen-bond acceptors (Lipinski definition) is 3. The van der Waals surface area contributed by atoms with Crippen LogP contribution in [0.3, 0.4) is 0 Å². The zero-order valence-corrected chi connectivity index (χ0v) is 16.3. The number of aliphatic hydroxyl groups is 1. The number of fused-ring (bicyclic) bond motifs is 1. The second kappa shape index (κ2) is 7.84. The van der Waals surface area contributed by atoms with Crippen LogP contribution in [0.2, 0.25) is 5.02 Å². The fourth-order valence-corrected chi connectivity index (χ4v) is 5.31. The van der Waals surface area contributed by atoms with Gasteiger partial charge in [0.1, 0.15) is 11.9 Å². The van der Waals surface area contributed by atoms with E-state index in [0.29, 0.717) is 41.4 Å². The molecular weight excluding hydrogens is 372 g/mol. The molecule has 0 unspecified atom stereocenters. The highest BCUT2D eigenvalue weighted by Crippen LogP contribution is 2.40. The minimum Gasteiger partial charge on any atom is -0.488 e. The van der Waals surface area contributed by atoms with Gasteiger partial charge in [-0.2, -0.15) is 0 Å². The predicted molar refractivity (Wildman–Crippen MR) is 101 cm³/mol. The van der Waals surface area contributed by atoms with Crippen molar-refractivity contribution in [1.29, 1.82) is 0 Å². The molecular formula is C21H28ClF2NO2. The molecule has 1 N–H and O–H groups in total. The molecule has 1 aromatic carbocycles. The maximum absolute atomic E-state index is 13.4. The molecule has 6 heteroatoms. The van der Waals surface area contributed by atoms with Crippen LogP contribution < -0.4 is 4.74 Å². The van der Waals surface area contributed by atoms with Gasteiger partial charge in [-0.3, -0.25) is 0 Å². The summed E-state index contributed by atoms with van der Waals surface area (Å²) >= 11 is 6.02. The van der Waals surface area contributed by atoms with Gasteiger partial charge in [-0.15, -0.1) is 0 Å². The van der Waals surface area contributed by atoms with E-state index in [-0.39, 0.29) is 18.9 Å². The summed E-state index contributed by atoms with van der Waals surface area (Å²) in [6, 6.07) is 7.29. The van der Waals surface area contributed by atoms with Crippen molar-refractivity contribution < 1.29 is 18.6 Å². The number of ether oxygens (including phenoxy) is 1. The monoisotopic (exact) mass is 399 g/mol. The lowest BCUT2D eigenvalue weighted by atomic mass is 9.78. The van der Waals surface area contributed by atoms with Gasteiger partial charge >= 0.3 is 0 Å². The molecule has 27 heavy (non-hydrogen) atoms. The van der Waals surface area contributed by atoms with E-state index < -0.39 is 12.0 Å². The Labute approximate surface area is 164 Å². The van der Waals surface area contributed by atoms with Crippen LogP contribution in [0, 0.1) is 17.8 Å². The lowest BCUT2D eigenvalue weighted by molar-refractivity contribution is -0.0484. The molecule has 150 valence electrons. The van der Waals surface area contributed by atoms with Crippen molar-refractivity contribution in [2.45, 2.75) is 56.7 Å². The number of nitrogens with zero attached hydrogens (tertiary/aromatic N) is 1. The van der Waals surface area contributed by atoms with Gasteiger partial charge in [0, 0.05) is 37.5 Å². The molecule has 0 bridgehead atoms. The summed E-state index contributed by atoms with van der Waals surface area (Å²) in [5, 5.41) is 11.2. The van der Waals surface area contributed by atoms with Crippen LogP contribution >= 0.6 is 11.6 Å². The topological polar surface area (TPSA) is 32.7 Å². The number of hydrogen-bond donors (Lipinski definition) is 1. The van der Waals surface area contributed by atoms with Crippen LogP contribution in [0.5, 0.6) is 5.75 Å². The molecule has 4 atom stereocenters. The number of rotatable bonds is 4. The summed E-state index contributed by atoms with van der Waals surface area (Å²) in [6.45, 7) is 2.87. The fourth-order valence-electron chi connectivity index (χ4n) is 5.13. The zero-order chi connectivity index (χ0) is 19.0. The van der Waals surface area contributed by atoms with Gasteiger partial charge in [-0.1, -0.05) is 17.7 Å². The third kappa shape index (κ3) is 4.75.